The molecule has 0 aliphatic rings. The number of primary amides is 1. The minimum atomic E-state index is -0.427. The van der Waals surface area contributed by atoms with Gasteiger partial charge in [0.15, 0.2) is 17.0 Å². The van der Waals surface area contributed by atoms with Gasteiger partial charge in [0.1, 0.15) is 12.9 Å². The summed E-state index contributed by atoms with van der Waals surface area (Å²) in [6.45, 7) is 0.0698. The number of hydrogen-bond donors (Lipinski definition) is 1. The molecule has 0 unspecified atom stereocenters. The Morgan fingerprint density at radius 1 is 1.44 bits per heavy atom. The molecule has 0 bridgehead atoms. The largest absolute Gasteiger partial charge is 0.368 e. The summed E-state index contributed by atoms with van der Waals surface area (Å²) >= 11 is 0. The van der Waals surface area contributed by atoms with Gasteiger partial charge in [-0.05, 0) is 0 Å². The number of carbonyl (C=O) groups is 1. The van der Waals surface area contributed by atoms with Gasteiger partial charge in [-0.2, -0.15) is 0 Å². The molecule has 0 radical (unpaired) electrons. The lowest BCUT2D eigenvalue weighted by molar-refractivity contribution is -0.118. The predicted molar refractivity (Wildman–Crippen MR) is 58.8 cm³/mol. The zero-order valence-electron chi connectivity index (χ0n) is 9.08. The molecule has 2 N–H and O–H groups in total. The van der Waals surface area contributed by atoms with Crippen molar-refractivity contribution >= 4 is 22.9 Å². The van der Waals surface area contributed by atoms with E-state index in [1.807, 2.05) is 19.0 Å². The predicted octanol–water partition coefficient (Wildman–Crippen LogP) is -0.622. The maximum absolute atomic E-state index is 10.8. The van der Waals surface area contributed by atoms with Crippen molar-refractivity contribution < 1.29 is 4.79 Å². The van der Waals surface area contributed by atoms with Gasteiger partial charge in [0.2, 0.25) is 5.91 Å². The third-order valence-corrected chi connectivity index (χ3v) is 2.13. The minimum absolute atomic E-state index is 0.0698. The quantitative estimate of drug-likeness (QED) is 0.744. The molecule has 0 aromatic carbocycles. The van der Waals surface area contributed by atoms with E-state index in [1.54, 1.807) is 4.57 Å². The highest BCUT2D eigenvalue weighted by atomic mass is 16.1. The van der Waals surface area contributed by atoms with E-state index < -0.39 is 5.91 Å². The zero-order chi connectivity index (χ0) is 11.7. The average Bonchev–Trinajstić information content (AvgIpc) is 2.60. The highest BCUT2D eigenvalue weighted by Gasteiger charge is 2.11. The van der Waals surface area contributed by atoms with Crippen molar-refractivity contribution in [3.05, 3.63) is 12.7 Å². The smallest absolute Gasteiger partial charge is 0.237 e. The fourth-order valence-corrected chi connectivity index (χ4v) is 1.48. The number of anilines is 1. The summed E-state index contributed by atoms with van der Waals surface area (Å²) in [6.07, 6.45) is 2.98. The van der Waals surface area contributed by atoms with Crippen LogP contribution >= 0.6 is 0 Å². The van der Waals surface area contributed by atoms with Crippen LogP contribution in [0.3, 0.4) is 0 Å². The Bertz CT molecular complexity index is 532. The van der Waals surface area contributed by atoms with E-state index in [0.29, 0.717) is 17.0 Å². The molecule has 16 heavy (non-hydrogen) atoms. The Balaban J connectivity index is 2.57. The molecule has 2 aromatic heterocycles. The summed E-state index contributed by atoms with van der Waals surface area (Å²) in [5, 5.41) is 0. The van der Waals surface area contributed by atoms with Crippen molar-refractivity contribution in [3.8, 4) is 0 Å². The van der Waals surface area contributed by atoms with Gasteiger partial charge in [-0.1, -0.05) is 0 Å². The Kier molecular flexibility index (Phi) is 2.43. The first-order valence-corrected chi connectivity index (χ1v) is 4.71. The van der Waals surface area contributed by atoms with E-state index in [0.717, 1.165) is 0 Å². The number of fused-ring (bicyclic) bond motifs is 1. The number of carbonyl (C=O) groups excluding carboxylic acids is 1. The van der Waals surface area contributed by atoms with E-state index in [2.05, 4.69) is 15.0 Å². The Labute approximate surface area is 91.9 Å². The molecular formula is C9H12N6O. The van der Waals surface area contributed by atoms with Gasteiger partial charge in [-0.3, -0.25) is 4.79 Å². The molecule has 7 nitrogen and oxygen atoms in total. The number of amides is 1. The molecule has 0 aliphatic carbocycles. The van der Waals surface area contributed by atoms with E-state index in [4.69, 9.17) is 5.73 Å². The van der Waals surface area contributed by atoms with Crippen LogP contribution in [0.1, 0.15) is 0 Å². The molecule has 0 saturated heterocycles. The third-order valence-electron chi connectivity index (χ3n) is 2.13. The fourth-order valence-electron chi connectivity index (χ4n) is 1.48. The first kappa shape index (κ1) is 10.3. The first-order valence-electron chi connectivity index (χ1n) is 4.71. The second-order valence-electron chi connectivity index (χ2n) is 3.60. The van der Waals surface area contributed by atoms with Crippen LogP contribution in [0.25, 0.3) is 11.2 Å². The summed E-state index contributed by atoms with van der Waals surface area (Å²) in [6, 6.07) is 0. The van der Waals surface area contributed by atoms with Crippen molar-refractivity contribution in [2.75, 3.05) is 19.0 Å². The van der Waals surface area contributed by atoms with Gasteiger partial charge in [0.05, 0.1) is 6.33 Å². The van der Waals surface area contributed by atoms with Gasteiger partial charge in [0.25, 0.3) is 0 Å². The Morgan fingerprint density at radius 2 is 2.19 bits per heavy atom. The Hall–Kier alpha value is -2.18. The summed E-state index contributed by atoms with van der Waals surface area (Å²) in [4.78, 5) is 25.1. The summed E-state index contributed by atoms with van der Waals surface area (Å²) in [5.41, 5.74) is 6.40. The third kappa shape index (κ3) is 1.67. The molecule has 84 valence electrons. The summed E-state index contributed by atoms with van der Waals surface area (Å²) in [5.74, 6) is 0.289. The van der Waals surface area contributed by atoms with Crippen LogP contribution in [0.5, 0.6) is 0 Å². The molecule has 0 fully saturated rings. The molecule has 2 rings (SSSR count). The number of hydrogen-bond acceptors (Lipinski definition) is 5. The second kappa shape index (κ2) is 3.76. The van der Waals surface area contributed by atoms with Crippen LogP contribution in [0, 0.1) is 0 Å². The summed E-state index contributed by atoms with van der Waals surface area (Å²) in [7, 11) is 3.74. The van der Waals surface area contributed by atoms with Gasteiger partial charge >= 0.3 is 0 Å². The number of rotatable bonds is 3. The lowest BCUT2D eigenvalue weighted by Crippen LogP contribution is -2.18. The number of nitrogens with two attached hydrogens (primary N) is 1. The van der Waals surface area contributed by atoms with E-state index >= 15 is 0 Å². The number of aromatic nitrogens is 4. The van der Waals surface area contributed by atoms with Crippen LogP contribution in [-0.4, -0.2) is 39.5 Å². The van der Waals surface area contributed by atoms with Crippen molar-refractivity contribution in [2.45, 2.75) is 6.54 Å². The van der Waals surface area contributed by atoms with Gasteiger partial charge in [-0.25, -0.2) is 15.0 Å². The van der Waals surface area contributed by atoms with Crippen molar-refractivity contribution in [2.24, 2.45) is 5.73 Å². The lowest BCUT2D eigenvalue weighted by Gasteiger charge is -2.10. The normalized spacial score (nSPS) is 10.6. The molecule has 7 heteroatoms. The molecule has 2 aromatic rings. The maximum atomic E-state index is 10.8. The fraction of sp³-hybridized carbons (Fsp3) is 0.333. The lowest BCUT2D eigenvalue weighted by atomic mass is 10.4. The van der Waals surface area contributed by atoms with Crippen LogP contribution < -0.4 is 10.6 Å². The average molecular weight is 220 g/mol. The molecule has 0 spiro atoms. The topological polar surface area (TPSA) is 89.9 Å². The zero-order valence-corrected chi connectivity index (χ0v) is 9.08. The molecule has 0 aliphatic heterocycles. The maximum Gasteiger partial charge on any atom is 0.237 e. The van der Waals surface area contributed by atoms with Gasteiger partial charge in [-0.15, -0.1) is 0 Å². The monoisotopic (exact) mass is 220 g/mol. The first-order chi connectivity index (χ1) is 7.59. The van der Waals surface area contributed by atoms with Gasteiger partial charge in [0, 0.05) is 14.1 Å². The van der Waals surface area contributed by atoms with E-state index in [9.17, 15) is 4.79 Å². The van der Waals surface area contributed by atoms with Crippen molar-refractivity contribution in [1.29, 1.82) is 0 Å². The molecule has 0 atom stereocenters. The second-order valence-corrected chi connectivity index (χ2v) is 3.60. The van der Waals surface area contributed by atoms with E-state index in [-0.39, 0.29) is 6.54 Å². The van der Waals surface area contributed by atoms with Crippen LogP contribution in [0.2, 0.25) is 0 Å². The summed E-state index contributed by atoms with van der Waals surface area (Å²) < 4.78 is 1.60. The SMILES string of the molecule is CN(C)c1ncnc2c1ncn2CC(N)=O. The molecular weight excluding hydrogens is 208 g/mol. The van der Waals surface area contributed by atoms with Crippen LogP contribution in [0.15, 0.2) is 12.7 Å². The highest BCUT2D eigenvalue weighted by molar-refractivity contribution is 5.84. The highest BCUT2D eigenvalue weighted by Crippen LogP contribution is 2.18. The van der Waals surface area contributed by atoms with Crippen LogP contribution in [-0.2, 0) is 11.3 Å². The standard InChI is InChI=1S/C9H12N6O/c1-14(2)8-7-9(12-4-11-8)15(5-13-7)3-6(10)16/h4-5H,3H2,1-2H3,(H2,10,16). The molecule has 2 heterocycles. The van der Waals surface area contributed by atoms with Gasteiger partial charge < -0.3 is 15.2 Å². The minimum Gasteiger partial charge on any atom is -0.368 e. The molecule has 0 saturated carbocycles. The molecule has 1 amide bonds. The van der Waals surface area contributed by atoms with Crippen molar-refractivity contribution in [1.82, 2.24) is 19.5 Å². The van der Waals surface area contributed by atoms with Crippen molar-refractivity contribution in [3.63, 3.8) is 0 Å². The van der Waals surface area contributed by atoms with Crippen LogP contribution in [0.4, 0.5) is 5.82 Å². The number of nitrogens with zero attached hydrogens (tertiary/aromatic N) is 5. The van der Waals surface area contributed by atoms with E-state index in [1.165, 1.54) is 12.7 Å². The Morgan fingerprint density at radius 3 is 2.81 bits per heavy atom. The number of imidazole rings is 1.